The second kappa shape index (κ2) is 14.5. The van der Waals surface area contributed by atoms with Gasteiger partial charge in [-0.1, -0.05) is 112 Å². The topological polar surface area (TPSA) is 107 Å². The lowest BCUT2D eigenvalue weighted by molar-refractivity contribution is -0.217. The number of rotatable bonds is 12. The van der Waals surface area contributed by atoms with E-state index in [0.29, 0.717) is 0 Å². The summed E-state index contributed by atoms with van der Waals surface area (Å²) in [5.74, 6) is -1.81. The molecule has 0 aliphatic carbocycles. The van der Waals surface area contributed by atoms with Gasteiger partial charge in [-0.05, 0) is 21.0 Å². The van der Waals surface area contributed by atoms with E-state index in [2.05, 4.69) is 45.0 Å². The highest BCUT2D eigenvalue weighted by Crippen LogP contribution is 2.42. The summed E-state index contributed by atoms with van der Waals surface area (Å²) in [5, 5.41) is 1.67. The van der Waals surface area contributed by atoms with E-state index in [0.717, 1.165) is 15.9 Å². The Hall–Kier alpha value is -3.83. The van der Waals surface area contributed by atoms with Crippen molar-refractivity contribution in [1.82, 2.24) is 0 Å². The van der Waals surface area contributed by atoms with Gasteiger partial charge in [0.2, 0.25) is 6.29 Å². The second-order valence-corrected chi connectivity index (χ2v) is 16.5. The van der Waals surface area contributed by atoms with Crippen LogP contribution in [0.25, 0.3) is 0 Å². The molecule has 0 amide bonds. The molecule has 0 N–H and O–H groups in total. The minimum absolute atomic E-state index is 0.112. The minimum Gasteiger partial charge on any atom is -0.463 e. The molecular weight excluding hydrogens is 592 g/mol. The van der Waals surface area contributed by atoms with Crippen LogP contribution in [0.2, 0.25) is 5.04 Å². The summed E-state index contributed by atoms with van der Waals surface area (Å²) in [5.41, 5.74) is -0.683. The van der Waals surface area contributed by atoms with Gasteiger partial charge >= 0.3 is 17.9 Å². The second-order valence-electron chi connectivity index (χ2n) is 12.2. The average molecular weight is 635 g/mol. The van der Waals surface area contributed by atoms with Crippen LogP contribution in [0, 0.1) is 0 Å². The normalized spacial score (nSPS) is 21.6. The lowest BCUT2D eigenvalue weighted by Crippen LogP contribution is -2.68. The molecule has 0 spiro atoms. The first kappa shape index (κ1) is 34.0. The lowest BCUT2D eigenvalue weighted by Gasteiger charge is -2.45. The molecule has 0 bridgehead atoms. The van der Waals surface area contributed by atoms with Gasteiger partial charge in [-0.25, -0.2) is 0 Å². The zero-order valence-electron chi connectivity index (χ0n) is 26.7. The molecule has 240 valence electrons. The van der Waals surface area contributed by atoms with Crippen molar-refractivity contribution in [3.05, 3.63) is 96.6 Å². The molecule has 1 saturated heterocycles. The Labute approximate surface area is 265 Å². The van der Waals surface area contributed by atoms with Gasteiger partial charge in [0.05, 0.1) is 13.2 Å². The van der Waals surface area contributed by atoms with Gasteiger partial charge in [-0.3, -0.25) is 14.4 Å². The fraction of sp³-hybridized carbons (Fsp3) is 0.400. The number of carbonyl (C=O) groups is 3. The Kier molecular flexibility index (Phi) is 11.0. The quantitative estimate of drug-likeness (QED) is 0.164. The van der Waals surface area contributed by atoms with Crippen LogP contribution in [-0.4, -0.2) is 63.5 Å². The molecule has 3 aromatic carbocycles. The summed E-state index contributed by atoms with van der Waals surface area (Å²) in [6.07, 6.45) is -3.57. The van der Waals surface area contributed by atoms with E-state index < -0.39 is 50.3 Å². The van der Waals surface area contributed by atoms with Crippen molar-refractivity contribution in [2.75, 3.05) is 13.2 Å². The average Bonchev–Trinajstić information content (AvgIpc) is 3.26. The fourth-order valence-electron chi connectivity index (χ4n) is 5.87. The number of hydrogen-bond donors (Lipinski definition) is 0. The Morgan fingerprint density at radius 2 is 1.24 bits per heavy atom. The molecule has 1 aliphatic rings. The van der Waals surface area contributed by atoms with Gasteiger partial charge in [-0.15, -0.1) is 0 Å². The Morgan fingerprint density at radius 3 is 1.71 bits per heavy atom. The van der Waals surface area contributed by atoms with Crippen molar-refractivity contribution in [3.63, 3.8) is 0 Å². The molecule has 45 heavy (non-hydrogen) atoms. The number of benzene rings is 3. The summed E-state index contributed by atoms with van der Waals surface area (Å²) >= 11 is 0. The third-order valence-electron chi connectivity index (χ3n) is 7.76. The van der Waals surface area contributed by atoms with Gasteiger partial charge in [0.1, 0.15) is 12.7 Å². The van der Waals surface area contributed by atoms with E-state index in [1.165, 1.54) is 20.8 Å². The van der Waals surface area contributed by atoms with E-state index >= 15 is 0 Å². The first-order valence-corrected chi connectivity index (χ1v) is 16.8. The first-order valence-electron chi connectivity index (χ1n) is 14.9. The predicted molar refractivity (Wildman–Crippen MR) is 170 cm³/mol. The van der Waals surface area contributed by atoms with Gasteiger partial charge < -0.3 is 28.1 Å². The van der Waals surface area contributed by atoms with E-state index in [1.807, 2.05) is 66.7 Å². The van der Waals surface area contributed by atoms with Crippen LogP contribution >= 0.6 is 0 Å². The highest BCUT2D eigenvalue weighted by atomic mass is 28.4. The zero-order valence-corrected chi connectivity index (χ0v) is 27.7. The summed E-state index contributed by atoms with van der Waals surface area (Å²) < 4.78 is 37.0. The maximum absolute atomic E-state index is 12.4. The molecule has 0 aromatic heterocycles. The van der Waals surface area contributed by atoms with Crippen LogP contribution in [0.3, 0.4) is 0 Å². The maximum atomic E-state index is 12.4. The summed E-state index contributed by atoms with van der Waals surface area (Å²) in [6.45, 7) is 9.86. The standard InChI is InChI=1S/C35H42O9Si/c1-25(36)40-23-35(24-41-45(34(4,5)6,29-18-12-8-13-19-29)30-20-14-9-15-21-30)32(39-22-28-16-10-7-11-17-28)31(42-26(2)37)33(44-35)43-27(3)38/h7-21,31-33H,22-24H2,1-6H3/t31-,32?,33-,35+/m0/s1. The molecule has 1 aliphatic heterocycles. The van der Waals surface area contributed by atoms with E-state index in [1.54, 1.807) is 0 Å². The molecule has 4 rings (SSSR count). The highest BCUT2D eigenvalue weighted by Gasteiger charge is 2.62. The Bertz CT molecular complexity index is 1390. The summed E-state index contributed by atoms with van der Waals surface area (Å²) in [7, 11) is -3.14. The fourth-order valence-corrected chi connectivity index (χ4v) is 10.5. The molecule has 1 fully saturated rings. The monoisotopic (exact) mass is 634 g/mol. The molecular formula is C35H42O9Si. The third kappa shape index (κ3) is 7.88. The highest BCUT2D eigenvalue weighted by molar-refractivity contribution is 6.99. The molecule has 0 saturated carbocycles. The summed E-state index contributed by atoms with van der Waals surface area (Å²) in [4.78, 5) is 36.8. The van der Waals surface area contributed by atoms with Crippen molar-refractivity contribution in [3.8, 4) is 0 Å². The number of hydrogen-bond acceptors (Lipinski definition) is 9. The molecule has 1 unspecified atom stereocenters. The molecule has 4 atom stereocenters. The van der Waals surface area contributed by atoms with Crippen molar-refractivity contribution in [2.24, 2.45) is 0 Å². The number of esters is 3. The van der Waals surface area contributed by atoms with Crippen molar-refractivity contribution in [2.45, 2.75) is 77.3 Å². The Morgan fingerprint density at radius 1 is 0.733 bits per heavy atom. The SMILES string of the molecule is CC(=O)OC[C@]1(CO[Si](c2ccccc2)(c2ccccc2)C(C)(C)C)O[C@H](OC(C)=O)[C@@H](OC(C)=O)C1OCc1ccccc1. The molecule has 9 nitrogen and oxygen atoms in total. The smallest absolute Gasteiger partial charge is 0.305 e. The van der Waals surface area contributed by atoms with Crippen LogP contribution in [0.4, 0.5) is 0 Å². The largest absolute Gasteiger partial charge is 0.463 e. The third-order valence-corrected chi connectivity index (χ3v) is 12.7. The van der Waals surface area contributed by atoms with Gasteiger partial charge in [0.25, 0.3) is 8.32 Å². The van der Waals surface area contributed by atoms with Crippen LogP contribution in [0.1, 0.15) is 47.1 Å². The lowest BCUT2D eigenvalue weighted by atomic mass is 9.96. The number of carbonyl (C=O) groups excluding carboxylic acids is 3. The molecule has 3 aromatic rings. The molecule has 1 heterocycles. The first-order chi connectivity index (χ1) is 21.4. The van der Waals surface area contributed by atoms with Crippen molar-refractivity contribution < 1.29 is 42.5 Å². The van der Waals surface area contributed by atoms with Crippen LogP contribution in [0.15, 0.2) is 91.0 Å². The van der Waals surface area contributed by atoms with Crippen molar-refractivity contribution >= 4 is 36.6 Å². The Balaban J connectivity index is 1.86. The van der Waals surface area contributed by atoms with Crippen LogP contribution in [0.5, 0.6) is 0 Å². The minimum atomic E-state index is -3.14. The van der Waals surface area contributed by atoms with E-state index in [-0.39, 0.29) is 24.9 Å². The molecule has 10 heteroatoms. The predicted octanol–water partition coefficient (Wildman–Crippen LogP) is 4.30. The van der Waals surface area contributed by atoms with Crippen LogP contribution < -0.4 is 10.4 Å². The van der Waals surface area contributed by atoms with Gasteiger partial charge in [0, 0.05) is 20.8 Å². The van der Waals surface area contributed by atoms with E-state index in [4.69, 9.17) is 28.1 Å². The van der Waals surface area contributed by atoms with Gasteiger partial charge in [-0.2, -0.15) is 0 Å². The van der Waals surface area contributed by atoms with Crippen LogP contribution in [-0.2, 0) is 49.1 Å². The molecule has 0 radical (unpaired) electrons. The number of ether oxygens (including phenoxy) is 5. The van der Waals surface area contributed by atoms with E-state index in [9.17, 15) is 14.4 Å². The summed E-state index contributed by atoms with van der Waals surface area (Å²) in [6, 6.07) is 29.5. The van der Waals surface area contributed by atoms with Gasteiger partial charge in [0.15, 0.2) is 11.7 Å². The maximum Gasteiger partial charge on any atom is 0.305 e. The van der Waals surface area contributed by atoms with Crippen molar-refractivity contribution in [1.29, 1.82) is 0 Å². The zero-order chi connectivity index (χ0) is 32.7.